The number of carbonyl (C=O) groups excluding carboxylic acids is 1. The van der Waals surface area contributed by atoms with Gasteiger partial charge >= 0.3 is 0 Å². The number of rotatable bonds is 7. The first-order chi connectivity index (χ1) is 16.8. The van der Waals surface area contributed by atoms with Gasteiger partial charge in [-0.05, 0) is 67.8 Å². The molecule has 1 heterocycles. The second-order valence-corrected chi connectivity index (χ2v) is 9.86. The number of hydrogen-bond donors (Lipinski definition) is 0. The second-order valence-electron chi connectivity index (χ2n) is 8.94. The highest BCUT2D eigenvalue weighted by Crippen LogP contribution is 2.26. The number of amides is 1. The molecule has 4 rings (SSSR count). The van der Waals surface area contributed by atoms with Crippen LogP contribution in [0, 0.1) is 11.7 Å². The van der Waals surface area contributed by atoms with Crippen LogP contribution < -0.4 is 5.56 Å². The Morgan fingerprint density at radius 1 is 1.00 bits per heavy atom. The van der Waals surface area contributed by atoms with Crippen molar-refractivity contribution in [3.8, 4) is 5.69 Å². The lowest BCUT2D eigenvalue weighted by molar-refractivity contribution is 0.0666. The molecule has 0 spiro atoms. The summed E-state index contributed by atoms with van der Waals surface area (Å²) in [5.74, 6) is -0.252. The van der Waals surface area contributed by atoms with Crippen molar-refractivity contribution in [3.05, 3.63) is 105 Å². The topological polar surface area (TPSA) is 55.2 Å². The van der Waals surface area contributed by atoms with E-state index in [9.17, 15) is 14.0 Å². The summed E-state index contributed by atoms with van der Waals surface area (Å²) in [6.45, 7) is 6.38. The molecule has 0 saturated carbocycles. The molecule has 0 radical (unpaired) electrons. The fraction of sp³-hybridized carbons (Fsp3) is 0.250. The summed E-state index contributed by atoms with van der Waals surface area (Å²) >= 11 is 3.44. The van der Waals surface area contributed by atoms with Gasteiger partial charge in [0, 0.05) is 11.0 Å². The molecule has 0 aliphatic carbocycles. The normalized spacial score (nSPS) is 12.2. The lowest BCUT2D eigenvalue weighted by Gasteiger charge is -2.31. The Morgan fingerprint density at radius 2 is 1.66 bits per heavy atom. The quantitative estimate of drug-likeness (QED) is 0.270. The van der Waals surface area contributed by atoms with Crippen molar-refractivity contribution >= 4 is 32.7 Å². The molecule has 180 valence electrons. The fourth-order valence-corrected chi connectivity index (χ4v) is 4.33. The molecule has 1 unspecified atom stereocenters. The highest BCUT2D eigenvalue weighted by Gasteiger charge is 2.29. The Hall–Kier alpha value is -3.32. The van der Waals surface area contributed by atoms with E-state index in [0.29, 0.717) is 34.9 Å². The Morgan fingerprint density at radius 3 is 2.34 bits per heavy atom. The zero-order chi connectivity index (χ0) is 25.1. The Balaban J connectivity index is 1.91. The van der Waals surface area contributed by atoms with E-state index in [-0.39, 0.29) is 11.1 Å². The van der Waals surface area contributed by atoms with Gasteiger partial charge in [-0.1, -0.05) is 54.0 Å². The molecule has 7 heteroatoms. The first kappa shape index (κ1) is 24.8. The molecule has 3 aromatic carbocycles. The number of hydrogen-bond acceptors (Lipinski definition) is 3. The van der Waals surface area contributed by atoms with Crippen molar-refractivity contribution < 1.29 is 9.18 Å². The third kappa shape index (κ3) is 5.20. The number of para-hydroxylation sites is 1. The van der Waals surface area contributed by atoms with E-state index in [2.05, 4.69) is 29.8 Å². The van der Waals surface area contributed by atoms with Crippen LogP contribution in [0.4, 0.5) is 4.39 Å². The maximum atomic E-state index is 14.6. The summed E-state index contributed by atoms with van der Waals surface area (Å²) < 4.78 is 17.0. The summed E-state index contributed by atoms with van der Waals surface area (Å²) in [4.78, 5) is 33.7. The average molecular weight is 536 g/mol. The van der Waals surface area contributed by atoms with Crippen molar-refractivity contribution in [2.45, 2.75) is 33.2 Å². The zero-order valence-electron chi connectivity index (χ0n) is 19.9. The van der Waals surface area contributed by atoms with Gasteiger partial charge < -0.3 is 4.90 Å². The standard InChI is InChI=1S/C28H27BrFN3O2/c1-18(2)16-17-32(27(34)22-8-4-6-10-24(22)30)19(3)26-31-25-11-7-5-9-23(25)28(35)33(26)21-14-12-20(29)13-15-21/h4-15,18-19H,16-17H2,1-3H3. The molecule has 1 atom stereocenters. The van der Waals surface area contributed by atoms with E-state index in [1.165, 1.54) is 12.1 Å². The van der Waals surface area contributed by atoms with Crippen LogP contribution in [0.5, 0.6) is 0 Å². The Labute approximate surface area is 212 Å². The van der Waals surface area contributed by atoms with Crippen LogP contribution >= 0.6 is 15.9 Å². The molecular formula is C28H27BrFN3O2. The van der Waals surface area contributed by atoms with E-state index in [0.717, 1.165) is 10.9 Å². The molecule has 35 heavy (non-hydrogen) atoms. The molecule has 4 aromatic rings. The predicted octanol–water partition coefficient (Wildman–Crippen LogP) is 6.54. The van der Waals surface area contributed by atoms with Gasteiger partial charge in [-0.15, -0.1) is 0 Å². The van der Waals surface area contributed by atoms with Gasteiger partial charge in [-0.25, -0.2) is 9.37 Å². The van der Waals surface area contributed by atoms with Gasteiger partial charge in [0.05, 0.1) is 28.2 Å². The van der Waals surface area contributed by atoms with Gasteiger partial charge in [0.2, 0.25) is 0 Å². The van der Waals surface area contributed by atoms with Crippen molar-refractivity contribution in [2.24, 2.45) is 5.92 Å². The van der Waals surface area contributed by atoms with Crippen LogP contribution in [0.2, 0.25) is 0 Å². The van der Waals surface area contributed by atoms with Gasteiger partial charge in [0.25, 0.3) is 11.5 Å². The molecule has 1 amide bonds. The van der Waals surface area contributed by atoms with Crippen LogP contribution in [0.1, 0.15) is 49.4 Å². The first-order valence-electron chi connectivity index (χ1n) is 11.6. The average Bonchev–Trinajstić information content (AvgIpc) is 2.84. The van der Waals surface area contributed by atoms with E-state index in [4.69, 9.17) is 4.98 Å². The summed E-state index contributed by atoms with van der Waals surface area (Å²) in [7, 11) is 0. The highest BCUT2D eigenvalue weighted by molar-refractivity contribution is 9.10. The Bertz CT molecular complexity index is 1420. The highest BCUT2D eigenvalue weighted by atomic mass is 79.9. The van der Waals surface area contributed by atoms with E-state index >= 15 is 0 Å². The van der Waals surface area contributed by atoms with Gasteiger partial charge in [0.15, 0.2) is 0 Å². The molecule has 5 nitrogen and oxygen atoms in total. The summed E-state index contributed by atoms with van der Waals surface area (Å²) in [5, 5.41) is 0.487. The molecule has 0 aliphatic heterocycles. The van der Waals surface area contributed by atoms with Crippen molar-refractivity contribution in [1.29, 1.82) is 0 Å². The van der Waals surface area contributed by atoms with Crippen molar-refractivity contribution in [2.75, 3.05) is 6.54 Å². The summed E-state index contributed by atoms with van der Waals surface area (Å²) in [6, 6.07) is 19.9. The van der Waals surface area contributed by atoms with Gasteiger partial charge in [0.1, 0.15) is 11.6 Å². The zero-order valence-corrected chi connectivity index (χ0v) is 21.5. The van der Waals surface area contributed by atoms with Crippen LogP contribution in [0.3, 0.4) is 0 Å². The minimum absolute atomic E-state index is 0.00133. The number of benzene rings is 3. The first-order valence-corrected chi connectivity index (χ1v) is 12.4. The molecule has 1 aromatic heterocycles. The molecule has 0 N–H and O–H groups in total. The van der Waals surface area contributed by atoms with Crippen LogP contribution in [-0.4, -0.2) is 26.9 Å². The lowest BCUT2D eigenvalue weighted by Crippen LogP contribution is -2.38. The minimum atomic E-state index is -0.596. The van der Waals surface area contributed by atoms with E-state index in [1.807, 2.05) is 37.3 Å². The summed E-state index contributed by atoms with van der Waals surface area (Å²) in [5.41, 5.74) is 0.971. The number of carbonyl (C=O) groups is 1. The van der Waals surface area contributed by atoms with Crippen LogP contribution in [0.15, 0.2) is 82.1 Å². The lowest BCUT2D eigenvalue weighted by atomic mass is 10.1. The van der Waals surface area contributed by atoms with Crippen LogP contribution in [0.25, 0.3) is 16.6 Å². The number of aromatic nitrogens is 2. The molecule has 0 fully saturated rings. The Kier molecular flexibility index (Phi) is 7.45. The maximum Gasteiger partial charge on any atom is 0.266 e. The molecule has 0 aliphatic rings. The minimum Gasteiger partial charge on any atom is -0.329 e. The predicted molar refractivity (Wildman–Crippen MR) is 140 cm³/mol. The van der Waals surface area contributed by atoms with Crippen molar-refractivity contribution in [3.63, 3.8) is 0 Å². The van der Waals surface area contributed by atoms with E-state index in [1.54, 1.807) is 39.8 Å². The SMILES string of the molecule is CC(C)CCN(C(=O)c1ccccc1F)C(C)c1nc2ccccc2c(=O)n1-c1ccc(Br)cc1. The van der Waals surface area contributed by atoms with Crippen LogP contribution in [-0.2, 0) is 0 Å². The second kappa shape index (κ2) is 10.5. The van der Waals surface area contributed by atoms with Gasteiger partial charge in [-0.3, -0.25) is 14.2 Å². The number of fused-ring (bicyclic) bond motifs is 1. The number of nitrogens with zero attached hydrogens (tertiary/aromatic N) is 3. The maximum absolute atomic E-state index is 14.6. The number of halogens is 2. The summed E-state index contributed by atoms with van der Waals surface area (Å²) in [6.07, 6.45) is 0.723. The third-order valence-electron chi connectivity index (χ3n) is 6.04. The third-order valence-corrected chi connectivity index (χ3v) is 6.57. The van der Waals surface area contributed by atoms with Gasteiger partial charge in [-0.2, -0.15) is 0 Å². The molecule has 0 bridgehead atoms. The fourth-order valence-electron chi connectivity index (χ4n) is 4.07. The van der Waals surface area contributed by atoms with Crippen molar-refractivity contribution in [1.82, 2.24) is 14.5 Å². The molecule has 0 saturated heterocycles. The smallest absolute Gasteiger partial charge is 0.266 e. The monoisotopic (exact) mass is 535 g/mol. The molecular weight excluding hydrogens is 509 g/mol. The van der Waals surface area contributed by atoms with E-state index < -0.39 is 17.8 Å². The largest absolute Gasteiger partial charge is 0.329 e.